The van der Waals surface area contributed by atoms with Crippen LogP contribution in [0, 0.1) is 5.92 Å². The van der Waals surface area contributed by atoms with Crippen molar-refractivity contribution in [3.05, 3.63) is 0 Å². The lowest BCUT2D eigenvalue weighted by atomic mass is 9.84. The maximum absolute atomic E-state index is 5.96. The third-order valence-corrected chi connectivity index (χ3v) is 2.86. The van der Waals surface area contributed by atoms with E-state index in [9.17, 15) is 0 Å². The lowest BCUT2D eigenvalue weighted by Gasteiger charge is -2.36. The van der Waals surface area contributed by atoms with E-state index in [0.29, 0.717) is 12.5 Å². The predicted molar refractivity (Wildman–Crippen MR) is 55.7 cm³/mol. The summed E-state index contributed by atoms with van der Waals surface area (Å²) in [6, 6.07) is 0. The summed E-state index contributed by atoms with van der Waals surface area (Å²) in [4.78, 5) is 0. The van der Waals surface area contributed by atoms with Crippen LogP contribution >= 0.6 is 0 Å². The summed E-state index contributed by atoms with van der Waals surface area (Å²) in [5, 5.41) is 0. The summed E-state index contributed by atoms with van der Waals surface area (Å²) in [5.74, 6) is 0.616. The molecule has 1 aliphatic carbocycles. The van der Waals surface area contributed by atoms with E-state index in [2.05, 4.69) is 13.8 Å². The van der Waals surface area contributed by atoms with Crippen LogP contribution in [-0.4, -0.2) is 18.8 Å². The second-order valence-electron chi connectivity index (χ2n) is 4.65. The summed E-state index contributed by atoms with van der Waals surface area (Å²) < 4.78 is 5.96. The topological polar surface area (TPSA) is 35.2 Å². The van der Waals surface area contributed by atoms with E-state index < -0.39 is 0 Å². The zero-order valence-electron chi connectivity index (χ0n) is 9.01. The Morgan fingerprint density at radius 1 is 1.23 bits per heavy atom. The number of nitrogens with two attached hydrogens (primary N) is 1. The smallest absolute Gasteiger partial charge is 0.0804 e. The van der Waals surface area contributed by atoms with Gasteiger partial charge in [-0.15, -0.1) is 0 Å². The Kier molecular flexibility index (Phi) is 4.20. The van der Waals surface area contributed by atoms with E-state index in [1.807, 2.05) is 0 Å². The molecule has 0 aromatic carbocycles. The zero-order valence-corrected chi connectivity index (χ0v) is 9.01. The van der Waals surface area contributed by atoms with E-state index in [0.717, 1.165) is 19.4 Å². The molecule has 0 atom stereocenters. The van der Waals surface area contributed by atoms with Crippen LogP contribution in [0.3, 0.4) is 0 Å². The molecule has 0 heterocycles. The monoisotopic (exact) mass is 185 g/mol. The molecule has 2 nitrogen and oxygen atoms in total. The minimum absolute atomic E-state index is 0.0303. The first-order valence-electron chi connectivity index (χ1n) is 5.52. The summed E-state index contributed by atoms with van der Waals surface area (Å²) in [6.07, 6.45) is 6.25. The average Bonchev–Trinajstić information content (AvgIpc) is 2.16. The highest BCUT2D eigenvalue weighted by molar-refractivity contribution is 4.85. The molecule has 0 aliphatic heterocycles. The summed E-state index contributed by atoms with van der Waals surface area (Å²) in [7, 11) is 0. The quantitative estimate of drug-likeness (QED) is 0.729. The molecule has 0 saturated heterocycles. The van der Waals surface area contributed by atoms with Crippen molar-refractivity contribution in [1.29, 1.82) is 0 Å². The Bertz CT molecular complexity index is 139. The van der Waals surface area contributed by atoms with Crippen LogP contribution in [-0.2, 0) is 4.74 Å². The van der Waals surface area contributed by atoms with Gasteiger partial charge in [0.15, 0.2) is 0 Å². The van der Waals surface area contributed by atoms with E-state index >= 15 is 0 Å². The lowest BCUT2D eigenvalue weighted by Crippen LogP contribution is -2.43. The maximum atomic E-state index is 5.96. The van der Waals surface area contributed by atoms with Gasteiger partial charge < -0.3 is 10.5 Å². The molecule has 2 N–H and O–H groups in total. The van der Waals surface area contributed by atoms with Gasteiger partial charge in [0, 0.05) is 13.2 Å². The van der Waals surface area contributed by atoms with Crippen LogP contribution in [0.2, 0.25) is 0 Å². The number of hydrogen-bond donors (Lipinski definition) is 1. The number of hydrogen-bond acceptors (Lipinski definition) is 2. The third kappa shape index (κ3) is 3.28. The first kappa shape index (κ1) is 11.0. The predicted octanol–water partition coefficient (Wildman–Crippen LogP) is 2.32. The molecule has 2 heteroatoms. The van der Waals surface area contributed by atoms with Crippen LogP contribution in [0.25, 0.3) is 0 Å². The van der Waals surface area contributed by atoms with E-state index in [4.69, 9.17) is 10.5 Å². The fourth-order valence-electron chi connectivity index (χ4n) is 1.95. The highest BCUT2D eigenvalue weighted by atomic mass is 16.5. The van der Waals surface area contributed by atoms with Crippen molar-refractivity contribution in [2.24, 2.45) is 11.7 Å². The average molecular weight is 185 g/mol. The largest absolute Gasteiger partial charge is 0.373 e. The lowest BCUT2D eigenvalue weighted by molar-refractivity contribution is -0.0730. The minimum atomic E-state index is 0.0303. The molecular formula is C11H23NO. The molecule has 78 valence electrons. The maximum Gasteiger partial charge on any atom is 0.0804 e. The van der Waals surface area contributed by atoms with Gasteiger partial charge in [0.1, 0.15) is 0 Å². The van der Waals surface area contributed by atoms with Crippen LogP contribution < -0.4 is 5.73 Å². The van der Waals surface area contributed by atoms with Crippen LogP contribution in [0.4, 0.5) is 0 Å². The molecule has 1 aliphatic rings. The molecule has 0 radical (unpaired) electrons. The third-order valence-electron chi connectivity index (χ3n) is 2.86. The Hall–Kier alpha value is -0.0800. The highest BCUT2D eigenvalue weighted by Gasteiger charge is 2.31. The fraction of sp³-hybridized carbons (Fsp3) is 1.00. The first-order chi connectivity index (χ1) is 6.18. The van der Waals surface area contributed by atoms with E-state index in [1.165, 1.54) is 19.3 Å². The summed E-state index contributed by atoms with van der Waals surface area (Å²) in [5.41, 5.74) is 5.83. The molecule has 0 amide bonds. The second-order valence-corrected chi connectivity index (χ2v) is 4.65. The SMILES string of the molecule is CC(C)COC1(CN)CCCCC1. The van der Waals surface area contributed by atoms with Crippen molar-refractivity contribution in [2.45, 2.75) is 51.6 Å². The van der Waals surface area contributed by atoms with Crippen molar-refractivity contribution in [3.63, 3.8) is 0 Å². The fourth-order valence-corrected chi connectivity index (χ4v) is 1.95. The molecule has 1 saturated carbocycles. The number of ether oxygens (including phenoxy) is 1. The highest BCUT2D eigenvalue weighted by Crippen LogP contribution is 2.30. The van der Waals surface area contributed by atoms with Gasteiger partial charge in [-0.25, -0.2) is 0 Å². The van der Waals surface area contributed by atoms with Crippen LogP contribution in [0.5, 0.6) is 0 Å². The molecule has 1 fully saturated rings. The molecule has 0 aromatic rings. The van der Waals surface area contributed by atoms with Gasteiger partial charge in [-0.05, 0) is 18.8 Å². The van der Waals surface area contributed by atoms with Gasteiger partial charge in [-0.2, -0.15) is 0 Å². The standard InChI is InChI=1S/C11H23NO/c1-10(2)8-13-11(9-12)6-4-3-5-7-11/h10H,3-9,12H2,1-2H3. The van der Waals surface area contributed by atoms with Gasteiger partial charge in [0.2, 0.25) is 0 Å². The molecule has 0 bridgehead atoms. The molecule has 0 unspecified atom stereocenters. The Balaban J connectivity index is 2.38. The second kappa shape index (κ2) is 4.97. The van der Waals surface area contributed by atoms with Crippen molar-refractivity contribution in [1.82, 2.24) is 0 Å². The first-order valence-corrected chi connectivity index (χ1v) is 5.52. The van der Waals surface area contributed by atoms with Crippen LogP contribution in [0.1, 0.15) is 46.0 Å². The normalized spacial score (nSPS) is 22.2. The van der Waals surface area contributed by atoms with Crippen molar-refractivity contribution in [2.75, 3.05) is 13.2 Å². The number of rotatable bonds is 4. The zero-order chi connectivity index (χ0) is 9.73. The Morgan fingerprint density at radius 2 is 1.85 bits per heavy atom. The van der Waals surface area contributed by atoms with Crippen molar-refractivity contribution < 1.29 is 4.74 Å². The molecule has 0 spiro atoms. The van der Waals surface area contributed by atoms with Gasteiger partial charge in [-0.3, -0.25) is 0 Å². The Morgan fingerprint density at radius 3 is 2.31 bits per heavy atom. The van der Waals surface area contributed by atoms with Gasteiger partial charge in [0.05, 0.1) is 5.60 Å². The van der Waals surface area contributed by atoms with Crippen LogP contribution in [0.15, 0.2) is 0 Å². The molecular weight excluding hydrogens is 162 g/mol. The van der Waals surface area contributed by atoms with Gasteiger partial charge in [-0.1, -0.05) is 33.1 Å². The van der Waals surface area contributed by atoms with E-state index in [1.54, 1.807) is 0 Å². The minimum Gasteiger partial charge on any atom is -0.373 e. The molecule has 0 aromatic heterocycles. The summed E-state index contributed by atoms with van der Waals surface area (Å²) in [6.45, 7) is 5.93. The summed E-state index contributed by atoms with van der Waals surface area (Å²) >= 11 is 0. The van der Waals surface area contributed by atoms with Gasteiger partial charge in [0.25, 0.3) is 0 Å². The van der Waals surface area contributed by atoms with Crippen molar-refractivity contribution >= 4 is 0 Å². The van der Waals surface area contributed by atoms with E-state index in [-0.39, 0.29) is 5.60 Å². The van der Waals surface area contributed by atoms with Crippen molar-refractivity contribution in [3.8, 4) is 0 Å². The molecule has 13 heavy (non-hydrogen) atoms. The molecule has 1 rings (SSSR count). The van der Waals surface area contributed by atoms with Gasteiger partial charge >= 0.3 is 0 Å². The Labute approximate surface area is 81.8 Å².